The molecule has 1 fully saturated rings. The number of nitrogens with zero attached hydrogens (tertiary/aromatic N) is 4. The molecule has 5 rings (SSSR count). The summed E-state index contributed by atoms with van der Waals surface area (Å²) in [5.41, 5.74) is 1.24. The molecule has 8 heteroatoms. The number of benzene rings is 2. The molecule has 0 bridgehead atoms. The second kappa shape index (κ2) is 7.89. The van der Waals surface area contributed by atoms with Gasteiger partial charge < -0.3 is 9.64 Å². The van der Waals surface area contributed by atoms with Crippen molar-refractivity contribution in [2.45, 2.75) is 6.54 Å². The van der Waals surface area contributed by atoms with Gasteiger partial charge in [-0.25, -0.2) is 14.3 Å². The third kappa shape index (κ3) is 3.34. The highest BCUT2D eigenvalue weighted by molar-refractivity contribution is 7.22. The lowest BCUT2D eigenvalue weighted by Gasteiger charge is -2.25. The van der Waals surface area contributed by atoms with Crippen LogP contribution in [0.2, 0.25) is 0 Å². The molecule has 4 aromatic rings. The Hall–Kier alpha value is -3.23. The largest absolute Gasteiger partial charge is 0.378 e. The van der Waals surface area contributed by atoms with Crippen LogP contribution in [-0.4, -0.2) is 40.4 Å². The molecule has 0 atom stereocenters. The zero-order valence-corrected chi connectivity index (χ0v) is 17.0. The summed E-state index contributed by atoms with van der Waals surface area (Å²) in [6.07, 6.45) is 0. The van der Waals surface area contributed by atoms with Crippen LogP contribution >= 0.6 is 11.3 Å². The third-order valence-corrected chi connectivity index (χ3v) is 6.25. The van der Waals surface area contributed by atoms with Gasteiger partial charge >= 0.3 is 5.69 Å². The van der Waals surface area contributed by atoms with Crippen LogP contribution in [0.4, 0.5) is 5.13 Å². The monoisotopic (exact) mass is 420 g/mol. The van der Waals surface area contributed by atoms with Crippen molar-refractivity contribution in [1.29, 1.82) is 0 Å². The summed E-state index contributed by atoms with van der Waals surface area (Å²) in [4.78, 5) is 33.6. The molecule has 0 N–H and O–H groups in total. The molecule has 0 spiro atoms. The molecule has 0 unspecified atom stereocenters. The van der Waals surface area contributed by atoms with Gasteiger partial charge in [0.05, 0.1) is 25.4 Å². The molecule has 0 radical (unpaired) electrons. The second-order valence-corrected chi connectivity index (χ2v) is 8.06. The molecule has 30 heavy (non-hydrogen) atoms. The van der Waals surface area contributed by atoms with Gasteiger partial charge in [0.2, 0.25) is 0 Å². The lowest BCUT2D eigenvalue weighted by Crippen LogP contribution is -2.39. The number of thiazole rings is 1. The zero-order valence-electron chi connectivity index (χ0n) is 16.2. The topological polar surface area (TPSA) is 69.4 Å². The second-order valence-electron chi connectivity index (χ2n) is 7.08. The van der Waals surface area contributed by atoms with Gasteiger partial charge in [-0.2, -0.15) is 0 Å². The molecule has 0 amide bonds. The Morgan fingerprint density at radius 1 is 0.933 bits per heavy atom. The van der Waals surface area contributed by atoms with Gasteiger partial charge in [-0.05, 0) is 17.7 Å². The lowest BCUT2D eigenvalue weighted by atomic mass is 10.2. The van der Waals surface area contributed by atoms with Crippen molar-refractivity contribution in [2.24, 2.45) is 0 Å². The van der Waals surface area contributed by atoms with Crippen LogP contribution in [0.5, 0.6) is 0 Å². The first-order valence-corrected chi connectivity index (χ1v) is 10.6. The number of para-hydroxylation sites is 1. The number of rotatable bonds is 4. The number of fused-ring (bicyclic) bond motifs is 1. The van der Waals surface area contributed by atoms with E-state index in [0.29, 0.717) is 35.8 Å². The average Bonchev–Trinajstić information content (AvgIpc) is 3.25. The fourth-order valence-corrected chi connectivity index (χ4v) is 4.68. The molecule has 0 aliphatic carbocycles. The number of anilines is 1. The van der Waals surface area contributed by atoms with Gasteiger partial charge in [-0.1, -0.05) is 59.9 Å². The van der Waals surface area contributed by atoms with Crippen LogP contribution in [0, 0.1) is 0 Å². The lowest BCUT2D eigenvalue weighted by molar-refractivity contribution is 0.122. The number of ether oxygens (including phenoxy) is 1. The molecule has 7 nitrogen and oxygen atoms in total. The summed E-state index contributed by atoms with van der Waals surface area (Å²) in [6, 6.07) is 18.8. The first-order chi connectivity index (χ1) is 14.7. The normalized spacial score (nSPS) is 14.3. The first-order valence-electron chi connectivity index (χ1n) is 9.81. The predicted octanol–water partition coefficient (Wildman–Crippen LogP) is 2.49. The van der Waals surface area contributed by atoms with Crippen LogP contribution in [-0.2, 0) is 11.3 Å². The van der Waals surface area contributed by atoms with Crippen molar-refractivity contribution in [3.63, 3.8) is 0 Å². The molecule has 1 aliphatic rings. The Labute approximate surface area is 176 Å². The van der Waals surface area contributed by atoms with Gasteiger partial charge in [0.25, 0.3) is 5.56 Å². The van der Waals surface area contributed by atoms with Gasteiger partial charge in [-0.15, -0.1) is 0 Å². The average molecular weight is 420 g/mol. The highest BCUT2D eigenvalue weighted by Gasteiger charge is 2.22. The summed E-state index contributed by atoms with van der Waals surface area (Å²) in [6.45, 7) is 3.03. The van der Waals surface area contributed by atoms with E-state index in [1.165, 1.54) is 15.9 Å². The highest BCUT2D eigenvalue weighted by Crippen LogP contribution is 2.27. The molecule has 2 aromatic carbocycles. The van der Waals surface area contributed by atoms with Gasteiger partial charge in [0.15, 0.2) is 10.8 Å². The first kappa shape index (κ1) is 18.8. The van der Waals surface area contributed by atoms with E-state index in [2.05, 4.69) is 4.90 Å². The van der Waals surface area contributed by atoms with Crippen LogP contribution < -0.4 is 16.1 Å². The van der Waals surface area contributed by atoms with Gasteiger partial charge in [-0.3, -0.25) is 9.36 Å². The molecule has 3 heterocycles. The highest BCUT2D eigenvalue weighted by atomic mass is 32.1. The smallest absolute Gasteiger partial charge is 0.337 e. The quantitative estimate of drug-likeness (QED) is 0.507. The Morgan fingerprint density at radius 3 is 2.30 bits per heavy atom. The van der Waals surface area contributed by atoms with E-state index < -0.39 is 0 Å². The van der Waals surface area contributed by atoms with Gasteiger partial charge in [0.1, 0.15) is 4.70 Å². The van der Waals surface area contributed by atoms with Crippen LogP contribution in [0.25, 0.3) is 16.0 Å². The van der Waals surface area contributed by atoms with E-state index >= 15 is 0 Å². The maximum atomic E-state index is 13.5. The summed E-state index contributed by atoms with van der Waals surface area (Å²) in [5, 5.41) is 0.748. The number of hydrogen-bond acceptors (Lipinski definition) is 6. The summed E-state index contributed by atoms with van der Waals surface area (Å²) < 4.78 is 8.75. The van der Waals surface area contributed by atoms with Crippen molar-refractivity contribution < 1.29 is 4.74 Å². The minimum absolute atomic E-state index is 0.331. The van der Waals surface area contributed by atoms with E-state index in [1.54, 1.807) is 16.7 Å². The number of aromatic nitrogens is 3. The molecular weight excluding hydrogens is 400 g/mol. The zero-order chi connectivity index (χ0) is 20.5. The maximum absolute atomic E-state index is 13.5. The molecule has 2 aromatic heterocycles. The van der Waals surface area contributed by atoms with Crippen LogP contribution in [0.15, 0.2) is 70.3 Å². The Balaban J connectivity index is 1.75. The summed E-state index contributed by atoms with van der Waals surface area (Å²) >= 11 is 1.34. The van der Waals surface area contributed by atoms with E-state index in [1.807, 2.05) is 48.5 Å². The Morgan fingerprint density at radius 2 is 1.60 bits per heavy atom. The van der Waals surface area contributed by atoms with Crippen molar-refractivity contribution in [1.82, 2.24) is 14.1 Å². The fourth-order valence-electron chi connectivity index (χ4n) is 3.63. The van der Waals surface area contributed by atoms with Crippen molar-refractivity contribution in [2.75, 3.05) is 31.2 Å². The standard InChI is InChI=1S/C22H20N4O3S/c27-20-18-19(23-21(30-18)24-11-13-29-14-12-24)25(15-16-7-3-1-4-8-16)22(28)26(20)17-9-5-2-6-10-17/h1-10H,11-15H2. The van der Waals surface area contributed by atoms with Crippen LogP contribution in [0.3, 0.4) is 0 Å². The SMILES string of the molecule is O=c1c2sc(N3CCOCC3)nc2n(Cc2ccccc2)c(=O)n1-c1ccccc1. The maximum Gasteiger partial charge on any atom is 0.337 e. The van der Waals surface area contributed by atoms with Crippen molar-refractivity contribution >= 4 is 26.8 Å². The summed E-state index contributed by atoms with van der Waals surface area (Å²) in [5.74, 6) is 0. The molecular formula is C22H20N4O3S. The molecule has 1 aliphatic heterocycles. The number of morpholine rings is 1. The fraction of sp³-hybridized carbons (Fsp3) is 0.227. The van der Waals surface area contributed by atoms with E-state index in [9.17, 15) is 9.59 Å². The molecule has 1 saturated heterocycles. The Kier molecular flexibility index (Phi) is 4.94. The van der Waals surface area contributed by atoms with Gasteiger partial charge in [0, 0.05) is 13.1 Å². The van der Waals surface area contributed by atoms with Crippen LogP contribution in [0.1, 0.15) is 5.56 Å². The van der Waals surface area contributed by atoms with Crippen molar-refractivity contribution in [3.8, 4) is 5.69 Å². The van der Waals surface area contributed by atoms with E-state index in [-0.39, 0.29) is 11.2 Å². The molecule has 152 valence electrons. The third-order valence-electron chi connectivity index (χ3n) is 5.15. The Bertz CT molecular complexity index is 1290. The minimum Gasteiger partial charge on any atom is -0.378 e. The number of hydrogen-bond donors (Lipinski definition) is 0. The molecule has 0 saturated carbocycles. The van der Waals surface area contributed by atoms with E-state index in [4.69, 9.17) is 9.72 Å². The predicted molar refractivity (Wildman–Crippen MR) is 118 cm³/mol. The van der Waals surface area contributed by atoms with Crippen molar-refractivity contribution in [3.05, 3.63) is 87.1 Å². The van der Waals surface area contributed by atoms with E-state index in [0.717, 1.165) is 23.8 Å². The minimum atomic E-state index is -0.388. The summed E-state index contributed by atoms with van der Waals surface area (Å²) in [7, 11) is 0.